The molecule has 0 saturated heterocycles. The van der Waals surface area contributed by atoms with Gasteiger partial charge in [-0.1, -0.05) is 6.07 Å². The van der Waals surface area contributed by atoms with E-state index in [1.807, 2.05) is 31.1 Å². The van der Waals surface area contributed by atoms with Crippen LogP contribution < -0.4 is 5.32 Å². The van der Waals surface area contributed by atoms with Crippen molar-refractivity contribution in [1.29, 1.82) is 0 Å². The van der Waals surface area contributed by atoms with E-state index in [2.05, 4.69) is 16.4 Å². The molecule has 20 heavy (non-hydrogen) atoms. The zero-order valence-corrected chi connectivity index (χ0v) is 11.9. The van der Waals surface area contributed by atoms with E-state index in [9.17, 15) is 10.1 Å². The highest BCUT2D eigenvalue weighted by Crippen LogP contribution is 2.38. The Morgan fingerprint density at radius 2 is 2.35 bits per heavy atom. The first-order chi connectivity index (χ1) is 9.60. The molecule has 6 nitrogen and oxygen atoms in total. The Bertz CT molecular complexity index is 494. The molecule has 6 heteroatoms. The predicted molar refractivity (Wildman–Crippen MR) is 76.4 cm³/mol. The fourth-order valence-corrected chi connectivity index (χ4v) is 2.07. The molecule has 0 aromatic carbocycles. The Labute approximate surface area is 118 Å². The summed E-state index contributed by atoms with van der Waals surface area (Å²) in [5.41, 5.74) is 2.20. The van der Waals surface area contributed by atoms with Crippen molar-refractivity contribution in [3.05, 3.63) is 51.7 Å². The maximum atomic E-state index is 10.6. The zero-order chi connectivity index (χ0) is 14.5. The maximum absolute atomic E-state index is 10.6. The minimum atomic E-state index is -0.442. The average molecular weight is 276 g/mol. The highest BCUT2D eigenvalue weighted by molar-refractivity contribution is 5.20. The van der Waals surface area contributed by atoms with Crippen LogP contribution in [-0.4, -0.2) is 28.4 Å². The van der Waals surface area contributed by atoms with E-state index < -0.39 is 4.92 Å². The Balaban J connectivity index is 2.00. The van der Waals surface area contributed by atoms with Crippen molar-refractivity contribution in [2.75, 3.05) is 13.6 Å². The van der Waals surface area contributed by atoms with Gasteiger partial charge in [0.1, 0.15) is 0 Å². The number of rotatable bonds is 7. The molecular formula is C14H20N4O2. The quantitative estimate of drug-likeness (QED) is 0.610. The second-order valence-corrected chi connectivity index (χ2v) is 5.05. The normalized spacial score (nSPS) is 15.0. The van der Waals surface area contributed by atoms with Crippen LogP contribution in [0.5, 0.6) is 0 Å². The lowest BCUT2D eigenvalue weighted by atomic mass is 10.2. The van der Waals surface area contributed by atoms with Crippen LogP contribution in [0.2, 0.25) is 0 Å². The summed E-state index contributed by atoms with van der Waals surface area (Å²) >= 11 is 0. The Hall–Kier alpha value is -2.11. The van der Waals surface area contributed by atoms with Crippen LogP contribution in [0.15, 0.2) is 30.4 Å². The van der Waals surface area contributed by atoms with Crippen molar-refractivity contribution in [3.8, 4) is 0 Å². The van der Waals surface area contributed by atoms with E-state index in [1.54, 1.807) is 0 Å². The minimum absolute atomic E-state index is 0.442. The summed E-state index contributed by atoms with van der Waals surface area (Å²) in [6.07, 6.45) is 5.33. The molecule has 1 aliphatic carbocycles. The molecule has 2 rings (SSSR count). The van der Waals surface area contributed by atoms with Crippen molar-refractivity contribution in [2.24, 2.45) is 0 Å². The third-order valence-electron chi connectivity index (χ3n) is 3.26. The lowest BCUT2D eigenvalue weighted by molar-refractivity contribution is -0.404. The van der Waals surface area contributed by atoms with E-state index in [1.165, 1.54) is 12.8 Å². The van der Waals surface area contributed by atoms with Crippen LogP contribution in [0.25, 0.3) is 0 Å². The van der Waals surface area contributed by atoms with Crippen molar-refractivity contribution in [1.82, 2.24) is 15.2 Å². The molecule has 1 aliphatic rings. The number of nitrogens with zero attached hydrogens (tertiary/aromatic N) is 3. The molecule has 0 spiro atoms. The second kappa shape index (κ2) is 6.36. The van der Waals surface area contributed by atoms with Crippen LogP contribution in [0.4, 0.5) is 0 Å². The van der Waals surface area contributed by atoms with Gasteiger partial charge in [0, 0.05) is 37.9 Å². The number of hydrogen-bond acceptors (Lipinski definition) is 5. The molecule has 1 heterocycles. The summed E-state index contributed by atoms with van der Waals surface area (Å²) in [5.74, 6) is 1.15. The van der Waals surface area contributed by atoms with Crippen LogP contribution in [0.3, 0.4) is 0 Å². The van der Waals surface area contributed by atoms with Crippen LogP contribution in [-0.2, 0) is 6.54 Å². The highest BCUT2D eigenvalue weighted by atomic mass is 16.6. The number of pyridine rings is 1. The monoisotopic (exact) mass is 276 g/mol. The average Bonchev–Trinajstić information content (AvgIpc) is 3.23. The van der Waals surface area contributed by atoms with E-state index in [-0.39, 0.29) is 0 Å². The maximum Gasteiger partial charge on any atom is 0.274 e. The van der Waals surface area contributed by atoms with Crippen molar-refractivity contribution >= 4 is 0 Å². The van der Waals surface area contributed by atoms with Gasteiger partial charge >= 0.3 is 0 Å². The van der Waals surface area contributed by atoms with Gasteiger partial charge in [-0.3, -0.25) is 15.1 Å². The van der Waals surface area contributed by atoms with Gasteiger partial charge in [-0.25, -0.2) is 0 Å². The Kier molecular flexibility index (Phi) is 4.55. The van der Waals surface area contributed by atoms with Gasteiger partial charge in [-0.2, -0.15) is 0 Å². The van der Waals surface area contributed by atoms with Crippen molar-refractivity contribution in [2.45, 2.75) is 32.2 Å². The van der Waals surface area contributed by atoms with Gasteiger partial charge in [-0.05, 0) is 31.4 Å². The molecule has 1 fully saturated rings. The lowest BCUT2D eigenvalue weighted by Crippen LogP contribution is -2.29. The lowest BCUT2D eigenvalue weighted by Gasteiger charge is -2.21. The third kappa shape index (κ3) is 3.94. The fraction of sp³-hybridized carbons (Fsp3) is 0.500. The molecule has 0 radical (unpaired) electrons. The molecule has 0 aliphatic heterocycles. The minimum Gasteiger partial charge on any atom is -0.367 e. The SMILES string of the molecule is CCN/C(=C\[N+](=O)[O-])N(C)Cc1ccc(C2CC2)nc1. The number of nitrogens with one attached hydrogen (secondary N) is 1. The summed E-state index contributed by atoms with van der Waals surface area (Å²) in [4.78, 5) is 16.5. The summed E-state index contributed by atoms with van der Waals surface area (Å²) in [6, 6.07) is 4.11. The highest BCUT2D eigenvalue weighted by Gasteiger charge is 2.24. The topological polar surface area (TPSA) is 71.3 Å². The molecule has 1 aromatic heterocycles. The van der Waals surface area contributed by atoms with Gasteiger partial charge in [0.25, 0.3) is 6.20 Å². The molecule has 0 bridgehead atoms. The predicted octanol–water partition coefficient (Wildman–Crippen LogP) is 2.08. The summed E-state index contributed by atoms with van der Waals surface area (Å²) in [6.45, 7) is 3.14. The van der Waals surface area contributed by atoms with Gasteiger partial charge in [0.15, 0.2) is 5.82 Å². The molecule has 1 saturated carbocycles. The zero-order valence-electron chi connectivity index (χ0n) is 11.9. The van der Waals surface area contributed by atoms with Gasteiger partial charge in [-0.15, -0.1) is 0 Å². The van der Waals surface area contributed by atoms with Crippen LogP contribution in [0, 0.1) is 10.1 Å². The second-order valence-electron chi connectivity index (χ2n) is 5.05. The first-order valence-electron chi connectivity index (χ1n) is 6.85. The smallest absolute Gasteiger partial charge is 0.274 e. The van der Waals surface area contributed by atoms with E-state index >= 15 is 0 Å². The summed E-state index contributed by atoms with van der Waals surface area (Å²) in [5, 5.41) is 13.6. The standard InChI is InChI=1S/C14H20N4O2/c1-3-15-14(10-18(19)20)17(2)9-11-4-7-13(16-8-11)12-5-6-12/h4,7-8,10,12,15H,3,5-6,9H2,1-2H3/b14-10+. The third-order valence-corrected chi connectivity index (χ3v) is 3.26. The molecule has 0 amide bonds. The van der Waals surface area contributed by atoms with Gasteiger partial charge in [0.2, 0.25) is 0 Å². The largest absolute Gasteiger partial charge is 0.367 e. The van der Waals surface area contributed by atoms with E-state index in [0.29, 0.717) is 24.8 Å². The Morgan fingerprint density at radius 1 is 1.60 bits per heavy atom. The first kappa shape index (κ1) is 14.3. The van der Waals surface area contributed by atoms with Crippen LogP contribution >= 0.6 is 0 Å². The molecule has 1 N–H and O–H groups in total. The number of hydrogen-bond donors (Lipinski definition) is 1. The summed E-state index contributed by atoms with van der Waals surface area (Å²) < 4.78 is 0. The molecular weight excluding hydrogens is 256 g/mol. The fourth-order valence-electron chi connectivity index (χ4n) is 2.07. The first-order valence-corrected chi connectivity index (χ1v) is 6.85. The molecule has 108 valence electrons. The summed E-state index contributed by atoms with van der Waals surface area (Å²) in [7, 11) is 1.83. The number of aromatic nitrogens is 1. The molecule has 0 atom stereocenters. The Morgan fingerprint density at radius 3 is 2.85 bits per heavy atom. The van der Waals surface area contributed by atoms with Crippen molar-refractivity contribution in [3.63, 3.8) is 0 Å². The van der Waals surface area contributed by atoms with Gasteiger partial charge in [0.05, 0.1) is 4.92 Å². The molecule has 0 unspecified atom stereocenters. The van der Waals surface area contributed by atoms with E-state index in [0.717, 1.165) is 17.5 Å². The van der Waals surface area contributed by atoms with E-state index in [4.69, 9.17) is 0 Å². The van der Waals surface area contributed by atoms with Crippen LogP contribution in [0.1, 0.15) is 36.9 Å². The molecule has 1 aromatic rings. The number of nitro groups is 1. The van der Waals surface area contributed by atoms with Crippen molar-refractivity contribution < 1.29 is 4.92 Å². The van der Waals surface area contributed by atoms with Gasteiger partial charge < -0.3 is 10.2 Å².